The van der Waals surface area contributed by atoms with Gasteiger partial charge >= 0.3 is 6.18 Å². The number of aromatic nitrogens is 4. The third kappa shape index (κ3) is 3.51. The summed E-state index contributed by atoms with van der Waals surface area (Å²) in [7, 11) is 0. The second-order valence-corrected chi connectivity index (χ2v) is 6.56. The Balaban J connectivity index is 1.52. The van der Waals surface area contributed by atoms with Gasteiger partial charge in [-0.2, -0.15) is 13.2 Å². The van der Waals surface area contributed by atoms with Gasteiger partial charge in [-0.1, -0.05) is 0 Å². The van der Waals surface area contributed by atoms with E-state index in [9.17, 15) is 18.0 Å². The maximum absolute atomic E-state index is 12.2. The number of amides is 1. The van der Waals surface area contributed by atoms with Gasteiger partial charge in [0.25, 0.3) is 0 Å². The van der Waals surface area contributed by atoms with Crippen LogP contribution >= 0.6 is 0 Å². The minimum Gasteiger partial charge on any atom is -0.370 e. The highest BCUT2D eigenvalue weighted by Crippen LogP contribution is 2.33. The summed E-state index contributed by atoms with van der Waals surface area (Å²) in [5.74, 6) is -0.686. The number of alkyl halides is 3. The largest absolute Gasteiger partial charge is 0.390 e. The molecule has 4 rings (SSSR count). The second kappa shape index (κ2) is 6.67. The van der Waals surface area contributed by atoms with E-state index in [-0.39, 0.29) is 11.8 Å². The minimum absolute atomic E-state index is 0.339. The summed E-state index contributed by atoms with van der Waals surface area (Å²) in [6.07, 6.45) is -1.29. The van der Waals surface area contributed by atoms with Gasteiger partial charge in [-0.3, -0.25) is 4.79 Å². The molecule has 0 spiro atoms. The molecule has 1 fully saturated rings. The maximum Gasteiger partial charge on any atom is 0.390 e. The maximum atomic E-state index is 12.2. The van der Waals surface area contributed by atoms with E-state index in [0.717, 1.165) is 16.5 Å². The predicted octanol–water partition coefficient (Wildman–Crippen LogP) is 2.40. The molecule has 0 saturated carbocycles. The zero-order chi connectivity index (χ0) is 19.0. The number of rotatable bonds is 4. The van der Waals surface area contributed by atoms with Crippen LogP contribution in [0, 0.1) is 5.92 Å². The number of halogens is 3. The summed E-state index contributed by atoms with van der Waals surface area (Å²) in [6.45, 7) is 0.681. The summed E-state index contributed by atoms with van der Waals surface area (Å²) in [5.41, 5.74) is 2.07. The molecule has 4 heterocycles. The highest BCUT2D eigenvalue weighted by Gasteiger charge is 2.31. The molecule has 0 radical (unpaired) electrons. The summed E-state index contributed by atoms with van der Waals surface area (Å²) in [5, 5.41) is 12.3. The molecule has 10 heteroatoms. The fourth-order valence-electron chi connectivity index (χ4n) is 3.45. The molecule has 1 atom stereocenters. The molecular formula is C17H17F3N6O. The summed E-state index contributed by atoms with van der Waals surface area (Å²) in [4.78, 5) is 21.5. The average Bonchev–Trinajstić information content (AvgIpc) is 3.29. The van der Waals surface area contributed by atoms with Crippen LogP contribution in [0.3, 0.4) is 0 Å². The van der Waals surface area contributed by atoms with Crippen molar-refractivity contribution >= 4 is 33.7 Å². The molecule has 1 saturated heterocycles. The van der Waals surface area contributed by atoms with E-state index in [2.05, 4.69) is 30.4 Å². The third-order valence-electron chi connectivity index (χ3n) is 4.75. The Kier molecular flexibility index (Phi) is 4.33. The number of nitrogens with one attached hydrogen (secondary N) is 2. The first-order valence-corrected chi connectivity index (χ1v) is 8.60. The van der Waals surface area contributed by atoms with Crippen LogP contribution in [0.5, 0.6) is 0 Å². The van der Waals surface area contributed by atoms with Gasteiger partial charge in [-0.05, 0) is 18.6 Å². The van der Waals surface area contributed by atoms with Gasteiger partial charge in [0.05, 0.1) is 17.7 Å². The van der Waals surface area contributed by atoms with Crippen LogP contribution in [-0.2, 0) is 4.79 Å². The third-order valence-corrected chi connectivity index (χ3v) is 4.75. The number of hydrogen-bond donors (Lipinski definition) is 2. The van der Waals surface area contributed by atoms with E-state index >= 15 is 0 Å². The lowest BCUT2D eigenvalue weighted by atomic mass is 10.1. The van der Waals surface area contributed by atoms with Crippen molar-refractivity contribution in [3.63, 3.8) is 0 Å². The first-order valence-electron chi connectivity index (χ1n) is 8.60. The van der Waals surface area contributed by atoms with Gasteiger partial charge in [0.15, 0.2) is 11.3 Å². The molecule has 1 aliphatic rings. The molecule has 0 aliphatic carbocycles. The quantitative estimate of drug-likeness (QED) is 0.728. The molecule has 27 heavy (non-hydrogen) atoms. The van der Waals surface area contributed by atoms with Crippen molar-refractivity contribution in [3.8, 4) is 0 Å². The standard InChI is InChI=1S/C17H17F3N6O/c18-17(19,20)4-7-23-16(27)10-3-8-26(9-10)12-2-6-22-15-13(12)11-1-5-21-14(11)24-25-15/h1-2,5-6,10H,3-4,7-9H2,(H,22,25)(H,23,27). The topological polar surface area (TPSA) is 86.8 Å². The average molecular weight is 378 g/mol. The van der Waals surface area contributed by atoms with Crippen molar-refractivity contribution in [1.29, 1.82) is 0 Å². The van der Waals surface area contributed by atoms with Gasteiger partial charge < -0.3 is 15.2 Å². The van der Waals surface area contributed by atoms with Crippen molar-refractivity contribution in [2.75, 3.05) is 24.5 Å². The smallest absolute Gasteiger partial charge is 0.370 e. The Morgan fingerprint density at radius 3 is 3.00 bits per heavy atom. The lowest BCUT2D eigenvalue weighted by Gasteiger charge is -2.20. The van der Waals surface area contributed by atoms with Crippen molar-refractivity contribution in [2.45, 2.75) is 19.0 Å². The number of nitrogens with zero attached hydrogens (tertiary/aromatic N) is 4. The highest BCUT2D eigenvalue weighted by atomic mass is 19.4. The lowest BCUT2D eigenvalue weighted by molar-refractivity contribution is -0.136. The number of hydrogen-bond acceptors (Lipinski definition) is 5. The molecule has 1 aliphatic heterocycles. The van der Waals surface area contributed by atoms with Crippen LogP contribution in [0.4, 0.5) is 18.9 Å². The normalized spacial score (nSPS) is 17.7. The highest BCUT2D eigenvalue weighted by molar-refractivity contribution is 6.08. The van der Waals surface area contributed by atoms with Crippen LogP contribution in [-0.4, -0.2) is 51.9 Å². The molecule has 7 nitrogen and oxygen atoms in total. The molecule has 1 unspecified atom stereocenters. The first kappa shape index (κ1) is 17.5. The predicted molar refractivity (Wildman–Crippen MR) is 93.2 cm³/mol. The number of carbonyl (C=O) groups is 1. The van der Waals surface area contributed by atoms with Gasteiger partial charge in [0, 0.05) is 43.1 Å². The second-order valence-electron chi connectivity index (χ2n) is 6.56. The van der Waals surface area contributed by atoms with Gasteiger partial charge in [0.2, 0.25) is 5.91 Å². The van der Waals surface area contributed by atoms with Crippen molar-refractivity contribution < 1.29 is 18.0 Å². The monoisotopic (exact) mass is 378 g/mol. The van der Waals surface area contributed by atoms with Crippen LogP contribution in [0.2, 0.25) is 0 Å². The fraction of sp³-hybridized carbons (Fsp3) is 0.412. The molecule has 0 bridgehead atoms. The van der Waals surface area contributed by atoms with Gasteiger partial charge in [0.1, 0.15) is 0 Å². The number of fused-ring (bicyclic) bond motifs is 3. The summed E-state index contributed by atoms with van der Waals surface area (Å²) < 4.78 is 36.7. The van der Waals surface area contributed by atoms with E-state index in [0.29, 0.717) is 30.8 Å². The lowest BCUT2D eigenvalue weighted by Crippen LogP contribution is -2.34. The van der Waals surface area contributed by atoms with E-state index in [1.807, 2.05) is 12.1 Å². The van der Waals surface area contributed by atoms with E-state index in [4.69, 9.17) is 0 Å². The fourth-order valence-corrected chi connectivity index (χ4v) is 3.45. The van der Waals surface area contributed by atoms with Crippen molar-refractivity contribution in [3.05, 3.63) is 24.5 Å². The Morgan fingerprint density at radius 1 is 1.33 bits per heavy atom. The van der Waals surface area contributed by atoms with E-state index in [1.54, 1.807) is 12.4 Å². The molecule has 0 aromatic carbocycles. The Morgan fingerprint density at radius 2 is 2.19 bits per heavy atom. The number of anilines is 1. The molecule has 3 aromatic heterocycles. The summed E-state index contributed by atoms with van der Waals surface area (Å²) in [6, 6.07) is 3.77. The zero-order valence-electron chi connectivity index (χ0n) is 14.3. The van der Waals surface area contributed by atoms with Crippen LogP contribution in [0.15, 0.2) is 24.5 Å². The van der Waals surface area contributed by atoms with Crippen LogP contribution in [0.25, 0.3) is 22.1 Å². The number of aromatic amines is 1. The van der Waals surface area contributed by atoms with Crippen molar-refractivity contribution in [2.24, 2.45) is 5.92 Å². The van der Waals surface area contributed by atoms with Crippen LogP contribution in [0.1, 0.15) is 12.8 Å². The van der Waals surface area contributed by atoms with Crippen molar-refractivity contribution in [1.82, 2.24) is 25.5 Å². The zero-order valence-corrected chi connectivity index (χ0v) is 14.3. The van der Waals surface area contributed by atoms with Crippen LogP contribution < -0.4 is 10.2 Å². The van der Waals surface area contributed by atoms with E-state index < -0.39 is 19.1 Å². The molecule has 2 N–H and O–H groups in total. The Labute approximate surface area is 152 Å². The molecular weight excluding hydrogens is 361 g/mol. The number of carbonyl (C=O) groups excluding carboxylic acids is 1. The minimum atomic E-state index is -4.27. The number of pyridine rings is 1. The Hall–Kier alpha value is -2.91. The molecule has 142 valence electrons. The first-order chi connectivity index (χ1) is 12.9. The Bertz CT molecular complexity index is 986. The van der Waals surface area contributed by atoms with E-state index in [1.165, 1.54) is 0 Å². The molecule has 3 aromatic rings. The SMILES string of the molecule is O=C(NCCC(F)(F)F)C1CCN(c2cc[nH]c3nnc4nccc4c23)C1. The van der Waals surface area contributed by atoms with Gasteiger partial charge in [-0.15, -0.1) is 10.2 Å². The number of H-pyrrole nitrogens is 1. The van der Waals surface area contributed by atoms with Gasteiger partial charge in [-0.25, -0.2) is 4.98 Å². The summed E-state index contributed by atoms with van der Waals surface area (Å²) >= 11 is 0. The molecule has 1 amide bonds.